The Kier molecular flexibility index (Phi) is 4.95. The topological polar surface area (TPSA) is 66.6 Å². The summed E-state index contributed by atoms with van der Waals surface area (Å²) >= 11 is 0. The van der Waals surface area contributed by atoms with Crippen LogP contribution in [0.5, 0.6) is 5.75 Å². The molecule has 2 aromatic carbocycles. The van der Waals surface area contributed by atoms with Crippen LogP contribution in [0, 0.1) is 0 Å². The van der Waals surface area contributed by atoms with Gasteiger partial charge < -0.3 is 15.7 Å². The highest BCUT2D eigenvalue weighted by Crippen LogP contribution is 2.20. The predicted octanol–water partition coefficient (Wildman–Crippen LogP) is 2.32. The number of hydrogen-bond acceptors (Lipinski definition) is 3. The van der Waals surface area contributed by atoms with Crippen LogP contribution in [0.3, 0.4) is 0 Å². The summed E-state index contributed by atoms with van der Waals surface area (Å²) in [6, 6.07) is 15.7. The van der Waals surface area contributed by atoms with E-state index in [0.29, 0.717) is 18.7 Å². The lowest BCUT2D eigenvalue weighted by Crippen LogP contribution is -2.45. The number of aromatic hydroxyl groups is 1. The molecule has 0 radical (unpaired) electrons. The number of carbonyl (C=O) groups excluding carboxylic acids is 1. The van der Waals surface area contributed by atoms with Crippen molar-refractivity contribution < 1.29 is 9.90 Å². The fourth-order valence-corrected chi connectivity index (χ4v) is 2.28. The molecule has 0 bridgehead atoms. The fourth-order valence-electron chi connectivity index (χ4n) is 2.28. The van der Waals surface area contributed by atoms with Crippen LogP contribution in [0.1, 0.15) is 12.5 Å². The van der Waals surface area contributed by atoms with Gasteiger partial charge in [-0.15, -0.1) is 0 Å². The van der Waals surface area contributed by atoms with Crippen LogP contribution in [0.25, 0.3) is 0 Å². The molecule has 1 amide bonds. The minimum atomic E-state index is -0.602. The van der Waals surface area contributed by atoms with Crippen molar-refractivity contribution in [2.75, 3.05) is 11.4 Å². The number of carbonyl (C=O) groups is 1. The van der Waals surface area contributed by atoms with Crippen LogP contribution in [-0.2, 0) is 11.2 Å². The second kappa shape index (κ2) is 6.90. The molecule has 0 saturated carbocycles. The van der Waals surface area contributed by atoms with Crippen LogP contribution in [0.2, 0.25) is 0 Å². The van der Waals surface area contributed by atoms with E-state index in [2.05, 4.69) is 0 Å². The zero-order valence-electron chi connectivity index (χ0n) is 12.1. The van der Waals surface area contributed by atoms with Gasteiger partial charge in [-0.1, -0.05) is 36.4 Å². The van der Waals surface area contributed by atoms with Crippen LogP contribution < -0.4 is 10.6 Å². The summed E-state index contributed by atoms with van der Waals surface area (Å²) in [5.74, 6) is -0.0117. The number of benzene rings is 2. The van der Waals surface area contributed by atoms with E-state index in [1.165, 1.54) is 0 Å². The average molecular weight is 284 g/mol. The highest BCUT2D eigenvalue weighted by atomic mass is 16.3. The Bertz CT molecular complexity index is 599. The molecule has 3 N–H and O–H groups in total. The lowest BCUT2D eigenvalue weighted by Gasteiger charge is -2.24. The number of anilines is 1. The molecule has 2 rings (SSSR count). The molecule has 0 aliphatic carbocycles. The minimum Gasteiger partial charge on any atom is -0.508 e. The first-order chi connectivity index (χ1) is 10.1. The Balaban J connectivity index is 2.12. The number of nitrogens with two attached hydrogens (primary N) is 1. The highest BCUT2D eigenvalue weighted by molar-refractivity contribution is 5.97. The molecular formula is C17H20N2O2. The van der Waals surface area contributed by atoms with E-state index >= 15 is 0 Å². The van der Waals surface area contributed by atoms with E-state index in [-0.39, 0.29) is 11.7 Å². The van der Waals surface area contributed by atoms with E-state index in [1.54, 1.807) is 29.2 Å². The van der Waals surface area contributed by atoms with Crippen molar-refractivity contribution in [1.82, 2.24) is 0 Å². The summed E-state index contributed by atoms with van der Waals surface area (Å²) < 4.78 is 0. The van der Waals surface area contributed by atoms with Crippen molar-refractivity contribution in [3.05, 3.63) is 60.2 Å². The molecule has 21 heavy (non-hydrogen) atoms. The van der Waals surface area contributed by atoms with Gasteiger partial charge in [0.2, 0.25) is 5.91 Å². The number of phenolic OH excluding ortho intramolecular Hbond substituents is 1. The molecule has 0 aliphatic heterocycles. The third-order valence-corrected chi connectivity index (χ3v) is 3.34. The largest absolute Gasteiger partial charge is 0.508 e. The number of rotatable bonds is 5. The summed E-state index contributed by atoms with van der Waals surface area (Å²) in [5.41, 5.74) is 7.74. The van der Waals surface area contributed by atoms with Gasteiger partial charge in [-0.2, -0.15) is 0 Å². The number of nitrogens with zero attached hydrogens (tertiary/aromatic N) is 1. The molecule has 4 heteroatoms. The van der Waals surface area contributed by atoms with Gasteiger partial charge in [0.15, 0.2) is 0 Å². The molecule has 0 heterocycles. The van der Waals surface area contributed by atoms with Gasteiger partial charge >= 0.3 is 0 Å². The van der Waals surface area contributed by atoms with Gasteiger partial charge in [0.05, 0.1) is 6.04 Å². The van der Waals surface area contributed by atoms with Gasteiger partial charge in [0.1, 0.15) is 5.75 Å². The summed E-state index contributed by atoms with van der Waals surface area (Å²) in [6.45, 7) is 2.39. The first-order valence-corrected chi connectivity index (χ1v) is 7.01. The second-order valence-electron chi connectivity index (χ2n) is 4.90. The SMILES string of the molecule is CCN(C(=O)[C@@H](N)Cc1ccccc1)c1cccc(O)c1. The first kappa shape index (κ1) is 15.1. The molecule has 0 spiro atoms. The van der Waals surface area contributed by atoms with Gasteiger partial charge in [0, 0.05) is 18.3 Å². The zero-order valence-corrected chi connectivity index (χ0v) is 12.1. The van der Waals surface area contributed by atoms with Crippen LogP contribution in [0.4, 0.5) is 5.69 Å². The Morgan fingerprint density at radius 2 is 1.90 bits per heavy atom. The molecule has 0 unspecified atom stereocenters. The van der Waals surface area contributed by atoms with E-state index in [9.17, 15) is 9.90 Å². The molecular weight excluding hydrogens is 264 g/mol. The van der Waals surface area contributed by atoms with Crippen molar-refractivity contribution in [3.8, 4) is 5.75 Å². The number of amides is 1. The average Bonchev–Trinajstić information content (AvgIpc) is 2.49. The summed E-state index contributed by atoms with van der Waals surface area (Å²) in [7, 11) is 0. The second-order valence-corrected chi connectivity index (χ2v) is 4.90. The van der Waals surface area contributed by atoms with Crippen molar-refractivity contribution in [2.24, 2.45) is 5.73 Å². The molecule has 0 aliphatic rings. The molecule has 0 saturated heterocycles. The minimum absolute atomic E-state index is 0.135. The van der Waals surface area contributed by atoms with E-state index in [0.717, 1.165) is 5.56 Å². The normalized spacial score (nSPS) is 11.9. The Morgan fingerprint density at radius 3 is 2.52 bits per heavy atom. The Hall–Kier alpha value is -2.33. The Morgan fingerprint density at radius 1 is 1.19 bits per heavy atom. The highest BCUT2D eigenvalue weighted by Gasteiger charge is 2.21. The van der Waals surface area contributed by atoms with Crippen LogP contribution in [-0.4, -0.2) is 23.6 Å². The maximum atomic E-state index is 12.5. The maximum Gasteiger partial charge on any atom is 0.244 e. The third-order valence-electron chi connectivity index (χ3n) is 3.34. The number of hydrogen-bond donors (Lipinski definition) is 2. The van der Waals surface area contributed by atoms with Gasteiger partial charge in [0.25, 0.3) is 0 Å². The maximum absolute atomic E-state index is 12.5. The van der Waals surface area contributed by atoms with Gasteiger partial charge in [-0.3, -0.25) is 4.79 Å². The number of phenols is 1. The van der Waals surface area contributed by atoms with E-state index < -0.39 is 6.04 Å². The first-order valence-electron chi connectivity index (χ1n) is 7.01. The lowest BCUT2D eigenvalue weighted by atomic mass is 10.1. The van der Waals surface area contributed by atoms with Crippen LogP contribution >= 0.6 is 0 Å². The fraction of sp³-hybridized carbons (Fsp3) is 0.235. The summed E-state index contributed by atoms with van der Waals surface area (Å²) in [6.07, 6.45) is 0.495. The quantitative estimate of drug-likeness (QED) is 0.885. The lowest BCUT2D eigenvalue weighted by molar-refractivity contribution is -0.119. The standard InChI is InChI=1S/C17H20N2O2/c1-2-19(14-9-6-10-15(20)12-14)17(21)16(18)11-13-7-4-3-5-8-13/h3-10,12,16,20H,2,11,18H2,1H3/t16-/m0/s1. The van der Waals surface area contributed by atoms with Gasteiger partial charge in [-0.05, 0) is 31.0 Å². The van der Waals surface area contributed by atoms with Crippen molar-refractivity contribution >= 4 is 11.6 Å². The zero-order chi connectivity index (χ0) is 15.2. The molecule has 4 nitrogen and oxygen atoms in total. The van der Waals surface area contributed by atoms with Crippen molar-refractivity contribution in [1.29, 1.82) is 0 Å². The van der Waals surface area contributed by atoms with Crippen molar-refractivity contribution in [2.45, 2.75) is 19.4 Å². The Labute approximate surface area is 124 Å². The molecule has 0 fully saturated rings. The predicted molar refractivity (Wildman–Crippen MR) is 84.3 cm³/mol. The monoisotopic (exact) mass is 284 g/mol. The molecule has 0 aromatic heterocycles. The van der Waals surface area contributed by atoms with E-state index in [4.69, 9.17) is 5.73 Å². The number of likely N-dealkylation sites (N-methyl/N-ethyl adjacent to an activating group) is 1. The van der Waals surface area contributed by atoms with Crippen molar-refractivity contribution in [3.63, 3.8) is 0 Å². The van der Waals surface area contributed by atoms with Crippen LogP contribution in [0.15, 0.2) is 54.6 Å². The third kappa shape index (κ3) is 3.83. The molecule has 2 aromatic rings. The van der Waals surface area contributed by atoms with Gasteiger partial charge in [-0.25, -0.2) is 0 Å². The summed E-state index contributed by atoms with van der Waals surface area (Å²) in [5, 5.41) is 9.54. The summed E-state index contributed by atoms with van der Waals surface area (Å²) in [4.78, 5) is 14.1. The molecule has 110 valence electrons. The smallest absolute Gasteiger partial charge is 0.244 e. The molecule has 1 atom stereocenters. The van der Waals surface area contributed by atoms with E-state index in [1.807, 2.05) is 37.3 Å².